The minimum absolute atomic E-state index is 0.0415. The largest absolute Gasteiger partial charge is 0.331 e. The third-order valence-corrected chi connectivity index (χ3v) is 5.67. The predicted molar refractivity (Wildman–Crippen MR) is 105 cm³/mol. The van der Waals surface area contributed by atoms with E-state index in [1.165, 1.54) is 11.8 Å². The van der Waals surface area contributed by atoms with Gasteiger partial charge in [0.2, 0.25) is 11.1 Å². The van der Waals surface area contributed by atoms with E-state index < -0.39 is 0 Å². The molecule has 0 fully saturated rings. The molecule has 1 atom stereocenters. The van der Waals surface area contributed by atoms with Crippen molar-refractivity contribution in [2.24, 2.45) is 0 Å². The number of fused-ring (bicyclic) bond motifs is 1. The van der Waals surface area contributed by atoms with Gasteiger partial charge in [0.25, 0.3) is 0 Å². The van der Waals surface area contributed by atoms with Gasteiger partial charge in [0, 0.05) is 24.7 Å². The first kappa shape index (κ1) is 18.5. The molecule has 4 rings (SSSR count). The molecule has 1 aromatic carbocycles. The maximum Gasteiger partial charge on any atom is 0.236 e. The number of benzene rings is 1. The van der Waals surface area contributed by atoms with Crippen molar-refractivity contribution in [3.8, 4) is 5.69 Å². The van der Waals surface area contributed by atoms with Crippen LogP contribution in [-0.4, -0.2) is 46.2 Å². The zero-order chi connectivity index (χ0) is 19.7. The molecular weight excluding hydrogens is 374 g/mol. The maximum atomic E-state index is 13.0. The van der Waals surface area contributed by atoms with Gasteiger partial charge in [-0.1, -0.05) is 30.8 Å². The van der Waals surface area contributed by atoms with Gasteiger partial charge in [-0.25, -0.2) is 9.97 Å². The summed E-state index contributed by atoms with van der Waals surface area (Å²) in [6.07, 6.45) is 2.62. The Bertz CT molecular complexity index is 1020. The molecule has 0 bridgehead atoms. The number of carbonyl (C=O) groups excluding carboxylic acids is 1. The number of amides is 1. The number of carbonyl (C=O) groups is 1. The highest BCUT2D eigenvalue weighted by Gasteiger charge is 2.29. The van der Waals surface area contributed by atoms with Gasteiger partial charge in [-0.15, -0.1) is 5.10 Å². The Labute approximate surface area is 167 Å². The number of rotatable bonds is 5. The topological polar surface area (TPSA) is 89.7 Å². The van der Waals surface area contributed by atoms with E-state index >= 15 is 0 Å². The summed E-state index contributed by atoms with van der Waals surface area (Å²) in [4.78, 5) is 23.7. The van der Waals surface area contributed by atoms with E-state index in [1.807, 2.05) is 56.1 Å². The van der Waals surface area contributed by atoms with Gasteiger partial charge in [0.1, 0.15) is 5.82 Å². The van der Waals surface area contributed by atoms with Gasteiger partial charge < -0.3 is 4.90 Å². The second-order valence-electron chi connectivity index (χ2n) is 6.78. The molecule has 0 spiro atoms. The fourth-order valence-electron chi connectivity index (χ4n) is 3.16. The SMILES string of the molecule is CCc1ncc2c(n1)CN(C(=O)C(C)Sc1nnnn1-c1cccc(C)c1)C2. The van der Waals surface area contributed by atoms with Crippen LogP contribution in [0.3, 0.4) is 0 Å². The minimum Gasteiger partial charge on any atom is -0.331 e. The monoisotopic (exact) mass is 395 g/mol. The molecular formula is C19H21N7OS. The van der Waals surface area contributed by atoms with Crippen LogP contribution in [0.1, 0.15) is 36.5 Å². The molecule has 0 aliphatic carbocycles. The standard InChI is InChI=1S/C19H21N7OS/c1-4-17-20-9-14-10-25(11-16(14)21-17)18(27)13(3)28-19-22-23-24-26(19)15-7-5-6-12(2)8-15/h5-9,13H,4,10-11H2,1-3H3. The third kappa shape index (κ3) is 3.62. The van der Waals surface area contributed by atoms with E-state index in [9.17, 15) is 4.79 Å². The van der Waals surface area contributed by atoms with Crippen molar-refractivity contribution in [2.45, 2.75) is 50.7 Å². The molecule has 144 valence electrons. The van der Waals surface area contributed by atoms with Gasteiger partial charge in [-0.3, -0.25) is 4.79 Å². The van der Waals surface area contributed by atoms with Gasteiger partial charge in [-0.2, -0.15) is 4.68 Å². The number of tetrazole rings is 1. The average Bonchev–Trinajstić information content (AvgIpc) is 3.33. The number of nitrogens with zero attached hydrogens (tertiary/aromatic N) is 7. The summed E-state index contributed by atoms with van der Waals surface area (Å²) in [7, 11) is 0. The molecule has 28 heavy (non-hydrogen) atoms. The van der Waals surface area contributed by atoms with Crippen LogP contribution in [0.2, 0.25) is 0 Å². The summed E-state index contributed by atoms with van der Waals surface area (Å²) in [6.45, 7) is 7.00. The van der Waals surface area contributed by atoms with E-state index in [4.69, 9.17) is 0 Å². The molecule has 8 nitrogen and oxygen atoms in total. The minimum atomic E-state index is -0.317. The lowest BCUT2D eigenvalue weighted by Crippen LogP contribution is -2.32. The first-order valence-electron chi connectivity index (χ1n) is 9.19. The van der Waals surface area contributed by atoms with Crippen LogP contribution in [0.4, 0.5) is 0 Å². The normalized spacial score (nSPS) is 14.2. The van der Waals surface area contributed by atoms with Crippen LogP contribution < -0.4 is 0 Å². The first-order chi connectivity index (χ1) is 13.5. The van der Waals surface area contributed by atoms with Crippen LogP contribution in [0.25, 0.3) is 5.69 Å². The molecule has 1 aliphatic heterocycles. The van der Waals surface area contributed by atoms with Crippen LogP contribution in [0, 0.1) is 6.92 Å². The Balaban J connectivity index is 1.47. The molecule has 3 heterocycles. The number of aromatic nitrogens is 6. The second-order valence-corrected chi connectivity index (χ2v) is 8.09. The average molecular weight is 395 g/mol. The maximum absolute atomic E-state index is 13.0. The summed E-state index contributed by atoms with van der Waals surface area (Å²) in [5.41, 5.74) is 3.97. The van der Waals surface area contributed by atoms with Crippen molar-refractivity contribution in [1.82, 2.24) is 35.1 Å². The Kier molecular flexibility index (Phi) is 5.08. The highest BCUT2D eigenvalue weighted by atomic mass is 32.2. The van der Waals surface area contributed by atoms with Gasteiger partial charge in [0.15, 0.2) is 0 Å². The van der Waals surface area contributed by atoms with Gasteiger partial charge in [0.05, 0.1) is 23.2 Å². The summed E-state index contributed by atoms with van der Waals surface area (Å²) in [6, 6.07) is 7.93. The van der Waals surface area contributed by atoms with E-state index in [-0.39, 0.29) is 11.2 Å². The number of hydrogen-bond donors (Lipinski definition) is 0. The molecule has 1 unspecified atom stereocenters. The van der Waals surface area contributed by atoms with E-state index in [1.54, 1.807) is 4.68 Å². The summed E-state index contributed by atoms with van der Waals surface area (Å²) in [5, 5.41) is 12.3. The molecule has 0 saturated carbocycles. The van der Waals surface area contributed by atoms with E-state index in [2.05, 4.69) is 25.5 Å². The molecule has 0 N–H and O–H groups in total. The molecule has 0 saturated heterocycles. The Hall–Kier alpha value is -2.81. The molecule has 1 amide bonds. The molecule has 9 heteroatoms. The lowest BCUT2D eigenvalue weighted by atomic mass is 10.2. The molecule has 2 aromatic heterocycles. The van der Waals surface area contributed by atoms with Crippen LogP contribution in [0.5, 0.6) is 0 Å². The first-order valence-corrected chi connectivity index (χ1v) is 10.1. The van der Waals surface area contributed by atoms with Gasteiger partial charge >= 0.3 is 0 Å². The van der Waals surface area contributed by atoms with Crippen molar-refractivity contribution in [3.05, 3.63) is 53.1 Å². The quantitative estimate of drug-likeness (QED) is 0.613. The fourth-order valence-corrected chi connectivity index (χ4v) is 4.05. The summed E-state index contributed by atoms with van der Waals surface area (Å²) >= 11 is 1.36. The zero-order valence-corrected chi connectivity index (χ0v) is 16.8. The molecule has 3 aromatic rings. The predicted octanol–water partition coefficient (Wildman–Crippen LogP) is 2.35. The number of thioether (sulfide) groups is 1. The molecule has 1 aliphatic rings. The molecule has 0 radical (unpaired) electrons. The highest BCUT2D eigenvalue weighted by Crippen LogP contribution is 2.28. The number of aryl methyl sites for hydroxylation is 2. The smallest absolute Gasteiger partial charge is 0.236 e. The van der Waals surface area contributed by atoms with Crippen molar-refractivity contribution in [3.63, 3.8) is 0 Å². The Morgan fingerprint density at radius 2 is 2.18 bits per heavy atom. The highest BCUT2D eigenvalue weighted by molar-refractivity contribution is 8.00. The third-order valence-electron chi connectivity index (χ3n) is 4.65. The van der Waals surface area contributed by atoms with Crippen LogP contribution in [-0.2, 0) is 24.3 Å². The van der Waals surface area contributed by atoms with Crippen molar-refractivity contribution in [2.75, 3.05) is 0 Å². The van der Waals surface area contributed by atoms with E-state index in [0.717, 1.165) is 34.8 Å². The van der Waals surface area contributed by atoms with Crippen molar-refractivity contribution >= 4 is 17.7 Å². The second kappa shape index (κ2) is 7.67. The van der Waals surface area contributed by atoms with Crippen LogP contribution >= 0.6 is 11.8 Å². The Morgan fingerprint density at radius 3 is 2.96 bits per heavy atom. The zero-order valence-electron chi connectivity index (χ0n) is 16.0. The summed E-state index contributed by atoms with van der Waals surface area (Å²) in [5.74, 6) is 0.854. The lowest BCUT2D eigenvalue weighted by molar-refractivity contribution is -0.130. The fraction of sp³-hybridized carbons (Fsp3) is 0.368. The van der Waals surface area contributed by atoms with Gasteiger partial charge in [-0.05, 0) is 42.0 Å². The van der Waals surface area contributed by atoms with Crippen LogP contribution in [0.15, 0.2) is 35.6 Å². The lowest BCUT2D eigenvalue weighted by Gasteiger charge is -2.19. The Morgan fingerprint density at radius 1 is 1.32 bits per heavy atom. The van der Waals surface area contributed by atoms with Crippen molar-refractivity contribution < 1.29 is 4.79 Å². The van der Waals surface area contributed by atoms with E-state index in [0.29, 0.717) is 18.2 Å². The number of hydrogen-bond acceptors (Lipinski definition) is 7. The van der Waals surface area contributed by atoms with Crippen molar-refractivity contribution in [1.29, 1.82) is 0 Å². The summed E-state index contributed by atoms with van der Waals surface area (Å²) < 4.78 is 1.67.